The molecule has 4 nitrogen and oxygen atoms in total. The third kappa shape index (κ3) is 2.56. The smallest absolute Gasteiger partial charge is 0.222 e. The van der Waals surface area contributed by atoms with Crippen LogP contribution in [0.2, 0.25) is 0 Å². The molecule has 0 atom stereocenters. The third-order valence-corrected chi connectivity index (χ3v) is 2.48. The number of benzene rings is 1. The number of hydrogen-bond acceptors (Lipinski definition) is 4. The van der Waals surface area contributed by atoms with Gasteiger partial charge in [-0.05, 0) is 32.4 Å². The van der Waals surface area contributed by atoms with Crippen molar-refractivity contribution in [1.29, 1.82) is 0 Å². The Hall–Kier alpha value is -2.17. The fourth-order valence-electron chi connectivity index (χ4n) is 1.60. The lowest BCUT2D eigenvalue weighted by Gasteiger charge is -2.09. The molecule has 2 aromatic rings. The van der Waals surface area contributed by atoms with Gasteiger partial charge in [0.05, 0.1) is 0 Å². The number of halogens is 1. The van der Waals surface area contributed by atoms with Gasteiger partial charge in [0.15, 0.2) is 11.6 Å². The minimum atomic E-state index is -0.507. The van der Waals surface area contributed by atoms with Crippen LogP contribution in [0.25, 0.3) is 0 Å². The van der Waals surface area contributed by atoms with Crippen LogP contribution >= 0.6 is 0 Å². The largest absolute Gasteiger partial charge is 0.436 e. The Balaban J connectivity index is 2.36. The van der Waals surface area contributed by atoms with Crippen LogP contribution in [-0.4, -0.2) is 9.97 Å². The summed E-state index contributed by atoms with van der Waals surface area (Å²) < 4.78 is 19.1. The molecule has 5 heteroatoms. The molecule has 94 valence electrons. The monoisotopic (exact) mass is 247 g/mol. The number of nitrogen functional groups attached to an aromatic ring is 1. The summed E-state index contributed by atoms with van der Waals surface area (Å²) in [6.07, 6.45) is 0. The number of hydrogen-bond donors (Lipinski definition) is 1. The molecule has 2 rings (SSSR count). The van der Waals surface area contributed by atoms with Crippen LogP contribution in [0.1, 0.15) is 17.1 Å². The molecular formula is C13H14FN3O. The number of aryl methyl sites for hydroxylation is 3. The van der Waals surface area contributed by atoms with Crippen molar-refractivity contribution in [3.8, 4) is 11.6 Å². The van der Waals surface area contributed by atoms with E-state index in [-0.39, 0.29) is 5.75 Å². The summed E-state index contributed by atoms with van der Waals surface area (Å²) in [7, 11) is 0. The Morgan fingerprint density at radius 1 is 1.11 bits per heavy atom. The third-order valence-electron chi connectivity index (χ3n) is 2.48. The van der Waals surface area contributed by atoms with Crippen molar-refractivity contribution in [1.82, 2.24) is 9.97 Å². The van der Waals surface area contributed by atoms with Crippen molar-refractivity contribution in [3.05, 3.63) is 41.1 Å². The lowest BCUT2D eigenvalue weighted by molar-refractivity contribution is 0.424. The van der Waals surface area contributed by atoms with Crippen LogP contribution in [-0.2, 0) is 0 Å². The first-order valence-corrected chi connectivity index (χ1v) is 5.51. The molecule has 1 heterocycles. The highest BCUT2D eigenvalue weighted by Crippen LogP contribution is 2.27. The standard InChI is InChI=1S/C13H14FN3O/c1-7-4-12(10(14)6-11(7)15)18-13-5-8(2)16-9(3)17-13/h4-6H,15H2,1-3H3. The van der Waals surface area contributed by atoms with Crippen LogP contribution in [0.3, 0.4) is 0 Å². The minimum absolute atomic E-state index is 0.110. The normalized spacial score (nSPS) is 10.4. The Morgan fingerprint density at radius 2 is 1.83 bits per heavy atom. The van der Waals surface area contributed by atoms with Gasteiger partial charge in [0.2, 0.25) is 5.88 Å². The summed E-state index contributed by atoms with van der Waals surface area (Å²) in [4.78, 5) is 8.22. The topological polar surface area (TPSA) is 61.0 Å². The predicted octanol–water partition coefficient (Wildman–Crippen LogP) is 2.92. The molecule has 0 saturated carbocycles. The molecule has 0 saturated heterocycles. The molecule has 0 aliphatic heterocycles. The highest BCUT2D eigenvalue weighted by molar-refractivity contribution is 5.51. The first-order valence-electron chi connectivity index (χ1n) is 5.51. The van der Waals surface area contributed by atoms with Crippen LogP contribution < -0.4 is 10.5 Å². The first kappa shape index (κ1) is 12.3. The maximum Gasteiger partial charge on any atom is 0.222 e. The van der Waals surface area contributed by atoms with Gasteiger partial charge in [-0.15, -0.1) is 0 Å². The fraction of sp³-hybridized carbons (Fsp3) is 0.231. The van der Waals surface area contributed by atoms with E-state index in [9.17, 15) is 4.39 Å². The maximum atomic E-state index is 13.7. The van der Waals surface area contributed by atoms with Gasteiger partial charge in [0, 0.05) is 23.5 Å². The molecule has 18 heavy (non-hydrogen) atoms. The van der Waals surface area contributed by atoms with Crippen molar-refractivity contribution >= 4 is 5.69 Å². The Bertz CT molecular complexity index is 579. The maximum absolute atomic E-state index is 13.7. The van der Waals surface area contributed by atoms with Gasteiger partial charge in [0.1, 0.15) is 5.82 Å². The number of rotatable bonds is 2. The van der Waals surface area contributed by atoms with E-state index in [1.54, 1.807) is 26.0 Å². The van der Waals surface area contributed by atoms with E-state index >= 15 is 0 Å². The van der Waals surface area contributed by atoms with E-state index in [1.165, 1.54) is 6.07 Å². The van der Waals surface area contributed by atoms with Crippen molar-refractivity contribution in [2.45, 2.75) is 20.8 Å². The average molecular weight is 247 g/mol. The Morgan fingerprint density at radius 3 is 2.50 bits per heavy atom. The number of ether oxygens (including phenoxy) is 1. The van der Waals surface area contributed by atoms with E-state index in [1.807, 2.05) is 6.92 Å². The lowest BCUT2D eigenvalue weighted by atomic mass is 10.2. The number of aromatic nitrogens is 2. The van der Waals surface area contributed by atoms with Crippen LogP contribution in [0.5, 0.6) is 11.6 Å². The summed E-state index contributed by atoms with van der Waals surface area (Å²) >= 11 is 0. The van der Waals surface area contributed by atoms with Crippen molar-refractivity contribution in [2.24, 2.45) is 0 Å². The Kier molecular flexibility index (Phi) is 3.14. The zero-order valence-electron chi connectivity index (χ0n) is 10.5. The van der Waals surface area contributed by atoms with Crippen LogP contribution in [0, 0.1) is 26.6 Å². The highest BCUT2D eigenvalue weighted by atomic mass is 19.1. The average Bonchev–Trinajstić information content (AvgIpc) is 2.24. The van der Waals surface area contributed by atoms with Gasteiger partial charge in [-0.1, -0.05) is 0 Å². The molecule has 0 radical (unpaired) electrons. The molecule has 1 aromatic heterocycles. The van der Waals surface area contributed by atoms with E-state index in [4.69, 9.17) is 10.5 Å². The molecule has 0 spiro atoms. The quantitative estimate of drug-likeness (QED) is 0.829. The summed E-state index contributed by atoms with van der Waals surface area (Å²) in [5.74, 6) is 0.506. The molecule has 0 aliphatic rings. The highest BCUT2D eigenvalue weighted by Gasteiger charge is 2.09. The van der Waals surface area contributed by atoms with Gasteiger partial charge in [-0.3, -0.25) is 0 Å². The van der Waals surface area contributed by atoms with Crippen LogP contribution in [0.15, 0.2) is 18.2 Å². The predicted molar refractivity (Wildman–Crippen MR) is 67.1 cm³/mol. The van der Waals surface area contributed by atoms with Crippen molar-refractivity contribution in [2.75, 3.05) is 5.73 Å². The number of nitrogens with two attached hydrogens (primary N) is 1. The Labute approximate surface area is 105 Å². The minimum Gasteiger partial charge on any atom is -0.436 e. The molecule has 0 bridgehead atoms. The van der Waals surface area contributed by atoms with E-state index in [0.29, 0.717) is 17.4 Å². The van der Waals surface area contributed by atoms with Crippen molar-refractivity contribution in [3.63, 3.8) is 0 Å². The molecule has 0 fully saturated rings. The lowest BCUT2D eigenvalue weighted by Crippen LogP contribution is -1.98. The molecule has 0 aliphatic carbocycles. The number of anilines is 1. The van der Waals surface area contributed by atoms with Gasteiger partial charge in [0.25, 0.3) is 0 Å². The van der Waals surface area contributed by atoms with Gasteiger partial charge in [-0.25, -0.2) is 9.37 Å². The molecule has 1 aromatic carbocycles. The zero-order valence-corrected chi connectivity index (χ0v) is 10.5. The van der Waals surface area contributed by atoms with E-state index < -0.39 is 5.82 Å². The first-order chi connectivity index (χ1) is 8.45. The van der Waals surface area contributed by atoms with E-state index in [2.05, 4.69) is 9.97 Å². The fourth-order valence-corrected chi connectivity index (χ4v) is 1.60. The SMILES string of the molecule is Cc1cc(Oc2cc(C)c(N)cc2F)nc(C)n1. The van der Waals surface area contributed by atoms with Gasteiger partial charge >= 0.3 is 0 Å². The second-order valence-electron chi connectivity index (χ2n) is 4.14. The summed E-state index contributed by atoms with van der Waals surface area (Å²) in [5, 5.41) is 0. The van der Waals surface area contributed by atoms with Gasteiger partial charge < -0.3 is 10.5 Å². The molecular weight excluding hydrogens is 233 g/mol. The second-order valence-corrected chi connectivity index (χ2v) is 4.14. The molecule has 0 amide bonds. The summed E-state index contributed by atoms with van der Waals surface area (Å²) in [6.45, 7) is 5.37. The van der Waals surface area contributed by atoms with E-state index in [0.717, 1.165) is 11.3 Å². The molecule has 0 unspecified atom stereocenters. The van der Waals surface area contributed by atoms with Crippen LogP contribution in [0.4, 0.5) is 10.1 Å². The van der Waals surface area contributed by atoms with Gasteiger partial charge in [-0.2, -0.15) is 4.98 Å². The second kappa shape index (κ2) is 4.60. The summed E-state index contributed by atoms with van der Waals surface area (Å²) in [6, 6.07) is 4.45. The zero-order chi connectivity index (χ0) is 13.3. The molecule has 2 N–H and O–H groups in total. The number of nitrogens with zero attached hydrogens (tertiary/aromatic N) is 2. The summed E-state index contributed by atoms with van der Waals surface area (Å²) in [5.41, 5.74) is 7.53. The van der Waals surface area contributed by atoms with Crippen molar-refractivity contribution < 1.29 is 9.13 Å².